The van der Waals surface area contributed by atoms with Gasteiger partial charge in [-0.25, -0.2) is 0 Å². The molecular formula is C13H19Cl2N. The summed E-state index contributed by atoms with van der Waals surface area (Å²) in [6, 6.07) is 5.96. The van der Waals surface area contributed by atoms with Crippen LogP contribution in [0, 0.1) is 0 Å². The summed E-state index contributed by atoms with van der Waals surface area (Å²) >= 11 is 11.8. The summed E-state index contributed by atoms with van der Waals surface area (Å²) in [5, 5.41) is 1.21. The maximum Gasteiger partial charge on any atom is 0.0595 e. The molecule has 1 atom stereocenters. The molecule has 0 bridgehead atoms. The van der Waals surface area contributed by atoms with Crippen molar-refractivity contribution in [2.75, 3.05) is 0 Å². The second-order valence-corrected chi connectivity index (χ2v) is 5.02. The van der Waals surface area contributed by atoms with Crippen molar-refractivity contribution in [3.05, 3.63) is 33.8 Å². The molecule has 0 aliphatic heterocycles. The number of benzene rings is 1. The average molecular weight is 260 g/mol. The number of hydrogen-bond acceptors (Lipinski definition) is 1. The second-order valence-electron chi connectivity index (χ2n) is 4.21. The summed E-state index contributed by atoms with van der Waals surface area (Å²) in [6.07, 6.45) is 5.66. The van der Waals surface area contributed by atoms with Crippen molar-refractivity contribution in [1.29, 1.82) is 0 Å². The van der Waals surface area contributed by atoms with Crippen LogP contribution in [-0.4, -0.2) is 6.04 Å². The molecule has 3 heteroatoms. The Morgan fingerprint density at radius 3 is 2.56 bits per heavy atom. The standard InChI is InChI=1S/C13H19Cl2N/c1-2-3-4-5-11(16)8-10-6-7-12(14)13(15)9-10/h6-7,9,11H,2-5,8,16H2,1H3. The van der Waals surface area contributed by atoms with Gasteiger partial charge in [0.05, 0.1) is 10.0 Å². The smallest absolute Gasteiger partial charge is 0.0595 e. The number of nitrogens with two attached hydrogens (primary N) is 1. The zero-order chi connectivity index (χ0) is 12.0. The fourth-order valence-corrected chi connectivity index (χ4v) is 2.05. The monoisotopic (exact) mass is 259 g/mol. The van der Waals surface area contributed by atoms with Crippen molar-refractivity contribution >= 4 is 23.2 Å². The minimum Gasteiger partial charge on any atom is -0.327 e. The maximum absolute atomic E-state index is 6.06. The lowest BCUT2D eigenvalue weighted by atomic mass is 10.0. The van der Waals surface area contributed by atoms with Crippen LogP contribution in [0.25, 0.3) is 0 Å². The summed E-state index contributed by atoms with van der Waals surface area (Å²) < 4.78 is 0. The van der Waals surface area contributed by atoms with Crippen LogP contribution in [0.5, 0.6) is 0 Å². The largest absolute Gasteiger partial charge is 0.327 e. The van der Waals surface area contributed by atoms with Gasteiger partial charge in [0.25, 0.3) is 0 Å². The van der Waals surface area contributed by atoms with Crippen molar-refractivity contribution in [2.24, 2.45) is 5.73 Å². The number of unbranched alkanes of at least 4 members (excludes halogenated alkanes) is 2. The molecule has 0 heterocycles. The van der Waals surface area contributed by atoms with Gasteiger partial charge in [0.15, 0.2) is 0 Å². The molecule has 2 N–H and O–H groups in total. The van der Waals surface area contributed by atoms with Gasteiger partial charge in [0, 0.05) is 6.04 Å². The fraction of sp³-hybridized carbons (Fsp3) is 0.538. The third-order valence-electron chi connectivity index (χ3n) is 2.66. The third-order valence-corrected chi connectivity index (χ3v) is 3.40. The minimum absolute atomic E-state index is 0.226. The van der Waals surface area contributed by atoms with Gasteiger partial charge < -0.3 is 5.73 Å². The van der Waals surface area contributed by atoms with Gasteiger partial charge in [-0.15, -0.1) is 0 Å². The van der Waals surface area contributed by atoms with E-state index in [0.29, 0.717) is 10.0 Å². The molecule has 0 aliphatic carbocycles. The lowest BCUT2D eigenvalue weighted by molar-refractivity contribution is 0.557. The van der Waals surface area contributed by atoms with Crippen molar-refractivity contribution in [3.8, 4) is 0 Å². The van der Waals surface area contributed by atoms with E-state index in [0.717, 1.165) is 12.8 Å². The van der Waals surface area contributed by atoms with Crippen LogP contribution >= 0.6 is 23.2 Å². The van der Waals surface area contributed by atoms with Crippen LogP contribution in [0.15, 0.2) is 18.2 Å². The van der Waals surface area contributed by atoms with Gasteiger partial charge in [-0.2, -0.15) is 0 Å². The van der Waals surface area contributed by atoms with E-state index in [1.54, 1.807) is 0 Å². The Balaban J connectivity index is 2.43. The number of hydrogen-bond donors (Lipinski definition) is 1. The molecule has 1 rings (SSSR count). The first-order valence-corrected chi connectivity index (χ1v) is 6.58. The van der Waals surface area contributed by atoms with Gasteiger partial charge in [-0.3, -0.25) is 0 Å². The molecule has 90 valence electrons. The van der Waals surface area contributed by atoms with Crippen molar-refractivity contribution in [3.63, 3.8) is 0 Å². The van der Waals surface area contributed by atoms with Crippen LogP contribution in [0.2, 0.25) is 10.0 Å². The highest BCUT2D eigenvalue weighted by Gasteiger charge is 2.05. The van der Waals surface area contributed by atoms with E-state index in [4.69, 9.17) is 28.9 Å². The van der Waals surface area contributed by atoms with Gasteiger partial charge in [0.1, 0.15) is 0 Å². The topological polar surface area (TPSA) is 26.0 Å². The van der Waals surface area contributed by atoms with E-state index in [1.807, 2.05) is 18.2 Å². The molecule has 16 heavy (non-hydrogen) atoms. The Hall–Kier alpha value is -0.240. The van der Waals surface area contributed by atoms with Crippen LogP contribution in [0.3, 0.4) is 0 Å². The highest BCUT2D eigenvalue weighted by molar-refractivity contribution is 6.42. The summed E-state index contributed by atoms with van der Waals surface area (Å²) in [7, 11) is 0. The molecule has 0 spiro atoms. The molecule has 0 saturated heterocycles. The van der Waals surface area contributed by atoms with Crippen LogP contribution < -0.4 is 5.73 Å². The fourth-order valence-electron chi connectivity index (χ4n) is 1.73. The summed E-state index contributed by atoms with van der Waals surface area (Å²) in [6.45, 7) is 2.20. The molecule has 0 saturated carbocycles. The molecule has 0 aromatic heterocycles. The predicted octanol–water partition coefficient (Wildman–Crippen LogP) is 4.44. The molecule has 1 aromatic rings. The average Bonchev–Trinajstić information content (AvgIpc) is 2.24. The van der Waals surface area contributed by atoms with Crippen molar-refractivity contribution in [2.45, 2.75) is 45.1 Å². The minimum atomic E-state index is 0.226. The molecule has 0 aliphatic rings. The van der Waals surface area contributed by atoms with Gasteiger partial charge in [-0.05, 0) is 30.5 Å². The summed E-state index contributed by atoms with van der Waals surface area (Å²) in [4.78, 5) is 0. The SMILES string of the molecule is CCCCCC(N)Cc1ccc(Cl)c(Cl)c1. The molecule has 1 aromatic carbocycles. The molecule has 0 amide bonds. The van der Waals surface area contributed by atoms with Crippen LogP contribution in [-0.2, 0) is 6.42 Å². The first-order valence-electron chi connectivity index (χ1n) is 5.83. The lowest BCUT2D eigenvalue weighted by Gasteiger charge is -2.11. The number of halogens is 2. The lowest BCUT2D eigenvalue weighted by Crippen LogP contribution is -2.22. The molecule has 1 nitrogen and oxygen atoms in total. The zero-order valence-corrected chi connectivity index (χ0v) is 11.2. The first-order chi connectivity index (χ1) is 7.63. The van der Waals surface area contributed by atoms with Crippen molar-refractivity contribution < 1.29 is 0 Å². The van der Waals surface area contributed by atoms with E-state index in [-0.39, 0.29) is 6.04 Å². The normalized spacial score (nSPS) is 12.8. The quantitative estimate of drug-likeness (QED) is 0.751. The Morgan fingerprint density at radius 2 is 1.94 bits per heavy atom. The van der Waals surface area contributed by atoms with Gasteiger partial charge in [0.2, 0.25) is 0 Å². The van der Waals surface area contributed by atoms with Crippen LogP contribution in [0.1, 0.15) is 38.2 Å². The zero-order valence-electron chi connectivity index (χ0n) is 9.68. The highest BCUT2D eigenvalue weighted by Crippen LogP contribution is 2.23. The van der Waals surface area contributed by atoms with Crippen molar-refractivity contribution in [1.82, 2.24) is 0 Å². The van der Waals surface area contributed by atoms with E-state index in [9.17, 15) is 0 Å². The number of rotatable bonds is 6. The summed E-state index contributed by atoms with van der Waals surface area (Å²) in [5.74, 6) is 0. The van der Waals surface area contributed by atoms with E-state index >= 15 is 0 Å². The Bertz CT molecular complexity index is 326. The van der Waals surface area contributed by atoms with Gasteiger partial charge in [-0.1, -0.05) is 55.5 Å². The molecule has 0 fully saturated rings. The summed E-state index contributed by atoms with van der Waals surface area (Å²) in [5.41, 5.74) is 7.22. The van der Waals surface area contributed by atoms with E-state index in [1.165, 1.54) is 24.8 Å². The molecule has 1 unspecified atom stereocenters. The van der Waals surface area contributed by atoms with Gasteiger partial charge >= 0.3 is 0 Å². The molecular weight excluding hydrogens is 241 g/mol. The Kier molecular flexibility index (Phi) is 6.18. The predicted molar refractivity (Wildman–Crippen MR) is 72.3 cm³/mol. The Morgan fingerprint density at radius 1 is 1.19 bits per heavy atom. The third kappa shape index (κ3) is 4.73. The van der Waals surface area contributed by atoms with Crippen LogP contribution in [0.4, 0.5) is 0 Å². The maximum atomic E-state index is 6.06. The molecule has 0 radical (unpaired) electrons. The highest BCUT2D eigenvalue weighted by atomic mass is 35.5. The first kappa shape index (κ1) is 13.8. The van der Waals surface area contributed by atoms with E-state index < -0.39 is 0 Å². The Labute approximate surface area is 108 Å². The van der Waals surface area contributed by atoms with E-state index in [2.05, 4.69) is 6.92 Å². The second kappa shape index (κ2) is 7.16.